The first-order valence-corrected chi connectivity index (χ1v) is 10.6. The molecule has 4 nitrogen and oxygen atoms in total. The molecule has 1 aliphatic rings. The highest BCUT2D eigenvalue weighted by Crippen LogP contribution is 2.27. The van der Waals surface area contributed by atoms with Crippen LogP contribution in [0.1, 0.15) is 24.8 Å². The zero-order valence-corrected chi connectivity index (χ0v) is 18.4. The first-order valence-electron chi connectivity index (χ1n) is 8.37. The van der Waals surface area contributed by atoms with Gasteiger partial charge < -0.3 is 15.8 Å². The largest absolute Gasteiger partial charge is 0.494 e. The summed E-state index contributed by atoms with van der Waals surface area (Å²) in [4.78, 5) is 11.2. The Kier molecular flexibility index (Phi) is 8.81. The Morgan fingerprint density at radius 3 is 2.50 bits per heavy atom. The lowest BCUT2D eigenvalue weighted by molar-refractivity contribution is -0.116. The molecule has 0 atom stereocenters. The van der Waals surface area contributed by atoms with Gasteiger partial charge in [-0.1, -0.05) is 6.07 Å². The molecular formula is C19H22Br2N2O2S. The van der Waals surface area contributed by atoms with Crippen LogP contribution in [0.2, 0.25) is 0 Å². The van der Waals surface area contributed by atoms with Crippen LogP contribution in [0, 0.1) is 0 Å². The van der Waals surface area contributed by atoms with Crippen LogP contribution in [0.5, 0.6) is 5.75 Å². The highest BCUT2D eigenvalue weighted by atomic mass is 79.9. The molecule has 3 N–H and O–H groups in total. The first kappa shape index (κ1) is 21.1. The van der Waals surface area contributed by atoms with Crippen molar-refractivity contribution in [1.29, 1.82) is 0 Å². The number of thiol groups is 1. The average molecular weight is 502 g/mol. The van der Waals surface area contributed by atoms with Crippen LogP contribution in [0.15, 0.2) is 45.3 Å². The van der Waals surface area contributed by atoms with Crippen molar-refractivity contribution in [2.24, 2.45) is 0 Å². The number of amides is 1. The lowest BCUT2D eigenvalue weighted by Gasteiger charge is -2.17. The summed E-state index contributed by atoms with van der Waals surface area (Å²) in [5.41, 5.74) is 8.42. The summed E-state index contributed by atoms with van der Waals surface area (Å²) in [6.07, 6.45) is 3.46. The number of ether oxygens (including phenoxy) is 1. The zero-order chi connectivity index (χ0) is 18.9. The molecule has 0 aromatic heterocycles. The van der Waals surface area contributed by atoms with Crippen molar-refractivity contribution in [3.05, 3.63) is 50.9 Å². The highest BCUT2D eigenvalue weighted by molar-refractivity contribution is 9.11. The van der Waals surface area contributed by atoms with Crippen molar-refractivity contribution in [2.75, 3.05) is 23.4 Å². The maximum absolute atomic E-state index is 11.2. The third kappa shape index (κ3) is 6.52. The van der Waals surface area contributed by atoms with E-state index < -0.39 is 0 Å². The molecule has 1 heterocycles. The van der Waals surface area contributed by atoms with Crippen molar-refractivity contribution in [1.82, 2.24) is 0 Å². The van der Waals surface area contributed by atoms with E-state index in [-0.39, 0.29) is 5.91 Å². The summed E-state index contributed by atoms with van der Waals surface area (Å²) in [7, 11) is 0. The lowest BCUT2D eigenvalue weighted by Crippen LogP contribution is -2.18. The molecule has 0 saturated carbocycles. The number of hydrogen-bond acceptors (Lipinski definition) is 4. The van der Waals surface area contributed by atoms with Crippen LogP contribution in [0.25, 0.3) is 0 Å². The maximum atomic E-state index is 11.2. The minimum absolute atomic E-state index is 0.0972. The number of unbranched alkanes of at least 4 members (excludes halogenated alkanes) is 1. The van der Waals surface area contributed by atoms with E-state index >= 15 is 0 Å². The van der Waals surface area contributed by atoms with Crippen molar-refractivity contribution >= 4 is 61.8 Å². The van der Waals surface area contributed by atoms with E-state index in [9.17, 15) is 4.79 Å². The Morgan fingerprint density at radius 1 is 1.12 bits per heavy atom. The molecule has 26 heavy (non-hydrogen) atoms. The number of hydrogen-bond donors (Lipinski definition) is 3. The Morgan fingerprint density at radius 2 is 1.85 bits per heavy atom. The summed E-state index contributed by atoms with van der Waals surface area (Å²) in [5, 5.41) is 2.86. The number of nitrogens with two attached hydrogens (primary N) is 1. The second-order valence-corrected chi connectivity index (χ2v) is 7.94. The third-order valence-corrected chi connectivity index (χ3v) is 5.49. The second-order valence-electron chi connectivity index (χ2n) is 5.78. The van der Waals surface area contributed by atoms with Gasteiger partial charge in [0.25, 0.3) is 0 Å². The van der Waals surface area contributed by atoms with Crippen LogP contribution in [0.3, 0.4) is 0 Å². The number of benzene rings is 2. The van der Waals surface area contributed by atoms with Crippen LogP contribution < -0.4 is 15.8 Å². The number of nitrogen functional groups attached to an aromatic ring is 1. The van der Waals surface area contributed by atoms with Gasteiger partial charge in [0.05, 0.1) is 12.3 Å². The van der Waals surface area contributed by atoms with Crippen LogP contribution in [-0.4, -0.2) is 18.3 Å². The number of carbonyl (C=O) groups excluding carboxylic acids is 1. The molecule has 140 valence electrons. The number of anilines is 2. The van der Waals surface area contributed by atoms with Crippen LogP contribution in [-0.2, 0) is 11.2 Å². The molecule has 2 aromatic carbocycles. The molecule has 0 unspecified atom stereocenters. The van der Waals surface area contributed by atoms with Crippen molar-refractivity contribution in [3.63, 3.8) is 0 Å². The third-order valence-electron chi connectivity index (χ3n) is 3.79. The minimum Gasteiger partial charge on any atom is -0.494 e. The predicted octanol–water partition coefficient (Wildman–Crippen LogP) is 5.45. The molecule has 0 saturated heterocycles. The fourth-order valence-corrected chi connectivity index (χ4v) is 3.59. The average Bonchev–Trinajstić information content (AvgIpc) is 2.64. The van der Waals surface area contributed by atoms with Crippen molar-refractivity contribution < 1.29 is 9.53 Å². The van der Waals surface area contributed by atoms with E-state index in [1.54, 1.807) is 0 Å². The standard InChI is InChI=1S/C13H17NO2S.C6H5Br2N/c15-13-6-3-10-9-11(4-5-12(10)14-13)16-7-1-2-8-17;7-4-2-1-3-5(8)6(4)9/h4-5,9,17H,1-3,6-8H2,(H,14,15);1-3H,9H2. The number of fused-ring (bicyclic) bond motifs is 1. The molecule has 0 aliphatic carbocycles. The topological polar surface area (TPSA) is 64.4 Å². The van der Waals surface area contributed by atoms with Crippen molar-refractivity contribution in [3.8, 4) is 5.75 Å². The van der Waals surface area contributed by atoms with Gasteiger partial charge in [-0.2, -0.15) is 12.6 Å². The minimum atomic E-state index is 0.0972. The number of carbonyl (C=O) groups is 1. The molecule has 3 rings (SSSR count). The predicted molar refractivity (Wildman–Crippen MR) is 118 cm³/mol. The number of para-hydroxylation sites is 1. The summed E-state index contributed by atoms with van der Waals surface area (Å²) >= 11 is 10.7. The van der Waals surface area contributed by atoms with E-state index in [0.29, 0.717) is 6.42 Å². The van der Waals surface area contributed by atoms with Gasteiger partial charge in [0, 0.05) is 21.1 Å². The number of aryl methyl sites for hydroxylation is 1. The molecule has 7 heteroatoms. The maximum Gasteiger partial charge on any atom is 0.224 e. The molecule has 2 aromatic rings. The van der Waals surface area contributed by atoms with Crippen LogP contribution >= 0.6 is 44.5 Å². The van der Waals surface area contributed by atoms with Gasteiger partial charge in [-0.05, 0) is 92.8 Å². The fourth-order valence-electron chi connectivity index (χ4n) is 2.36. The van der Waals surface area contributed by atoms with Gasteiger partial charge >= 0.3 is 0 Å². The van der Waals surface area contributed by atoms with E-state index in [2.05, 4.69) is 49.8 Å². The Bertz CT molecular complexity index is 736. The molecular weight excluding hydrogens is 480 g/mol. The van der Waals surface area contributed by atoms with Crippen molar-refractivity contribution in [2.45, 2.75) is 25.7 Å². The summed E-state index contributed by atoms with van der Waals surface area (Å²) in [5.74, 6) is 1.89. The SMILES string of the molecule is Nc1c(Br)cccc1Br.O=C1CCc2cc(OCCCCS)ccc2N1. The lowest BCUT2D eigenvalue weighted by atomic mass is 10.0. The van der Waals surface area contributed by atoms with Gasteiger partial charge in [-0.3, -0.25) is 4.79 Å². The van der Waals surface area contributed by atoms with Crippen LogP contribution in [0.4, 0.5) is 11.4 Å². The molecule has 0 radical (unpaired) electrons. The van der Waals surface area contributed by atoms with E-state index in [1.165, 1.54) is 0 Å². The van der Waals surface area contributed by atoms with Gasteiger partial charge in [0.15, 0.2) is 0 Å². The first-order chi connectivity index (χ1) is 12.5. The molecule has 1 aliphatic heterocycles. The monoisotopic (exact) mass is 500 g/mol. The Balaban J connectivity index is 0.000000228. The summed E-state index contributed by atoms with van der Waals surface area (Å²) in [6, 6.07) is 11.6. The number of rotatable bonds is 5. The molecule has 1 amide bonds. The second kappa shape index (κ2) is 10.8. The molecule has 0 spiro atoms. The summed E-state index contributed by atoms with van der Waals surface area (Å²) < 4.78 is 7.51. The number of halogens is 2. The van der Waals surface area contributed by atoms with E-state index in [1.807, 2.05) is 36.4 Å². The molecule has 0 fully saturated rings. The van der Waals surface area contributed by atoms with Gasteiger partial charge in [-0.25, -0.2) is 0 Å². The molecule has 0 bridgehead atoms. The van der Waals surface area contributed by atoms with E-state index in [4.69, 9.17) is 10.5 Å². The van der Waals surface area contributed by atoms with E-state index in [0.717, 1.165) is 63.3 Å². The van der Waals surface area contributed by atoms with Gasteiger partial charge in [0.1, 0.15) is 5.75 Å². The highest BCUT2D eigenvalue weighted by Gasteiger charge is 2.14. The number of nitrogens with one attached hydrogen (secondary N) is 1. The normalized spacial score (nSPS) is 12.5. The van der Waals surface area contributed by atoms with Gasteiger partial charge in [0.2, 0.25) is 5.91 Å². The Labute approximate surface area is 176 Å². The van der Waals surface area contributed by atoms with Gasteiger partial charge in [-0.15, -0.1) is 0 Å². The zero-order valence-electron chi connectivity index (χ0n) is 14.3. The summed E-state index contributed by atoms with van der Waals surface area (Å²) in [6.45, 7) is 0.728. The Hall–Kier alpha value is -1.18. The fraction of sp³-hybridized carbons (Fsp3) is 0.316. The quantitative estimate of drug-likeness (QED) is 0.290. The smallest absolute Gasteiger partial charge is 0.224 e.